The van der Waals surface area contributed by atoms with Crippen molar-refractivity contribution in [3.05, 3.63) is 29.8 Å². The molecule has 5 nitrogen and oxygen atoms in total. The monoisotopic (exact) mass is 399 g/mol. The van der Waals surface area contributed by atoms with Crippen molar-refractivity contribution < 1.29 is 22.6 Å². The molecule has 28 heavy (non-hydrogen) atoms. The van der Waals surface area contributed by atoms with Crippen LogP contribution in [-0.2, 0) is 4.74 Å². The Labute approximate surface area is 163 Å². The van der Waals surface area contributed by atoms with Gasteiger partial charge in [-0.25, -0.2) is 0 Å². The van der Waals surface area contributed by atoms with Crippen LogP contribution in [0.3, 0.4) is 0 Å². The second-order valence-corrected chi connectivity index (χ2v) is 7.24. The highest BCUT2D eigenvalue weighted by atomic mass is 19.4. The van der Waals surface area contributed by atoms with Gasteiger partial charge in [-0.05, 0) is 38.3 Å². The number of hydrogen-bond acceptors (Lipinski definition) is 3. The fraction of sp³-hybridized carbons (Fsp3) is 0.650. The van der Waals surface area contributed by atoms with Gasteiger partial charge in [0.1, 0.15) is 5.75 Å². The van der Waals surface area contributed by atoms with Crippen LogP contribution in [-0.4, -0.2) is 56.1 Å². The van der Waals surface area contributed by atoms with E-state index < -0.39 is 6.36 Å². The minimum Gasteiger partial charge on any atom is -0.405 e. The van der Waals surface area contributed by atoms with E-state index in [9.17, 15) is 13.2 Å². The van der Waals surface area contributed by atoms with Crippen LogP contribution in [0.4, 0.5) is 13.2 Å². The number of rotatable bonds is 7. The summed E-state index contributed by atoms with van der Waals surface area (Å²) in [6, 6.07) is 6.45. The average Bonchev–Trinajstić information content (AvgIpc) is 3.23. The predicted octanol–water partition coefficient (Wildman–Crippen LogP) is 3.77. The maximum absolute atomic E-state index is 12.7. The number of para-hydroxylation sites is 1. The van der Waals surface area contributed by atoms with Crippen LogP contribution in [0, 0.1) is 5.92 Å². The Morgan fingerprint density at radius 2 is 2.07 bits per heavy atom. The van der Waals surface area contributed by atoms with Gasteiger partial charge in [0.2, 0.25) is 0 Å². The molecule has 1 saturated carbocycles. The van der Waals surface area contributed by atoms with E-state index in [1.54, 1.807) is 18.2 Å². The SMILES string of the molecule is CCN=C(NC1CC1c1ccccc1OC(F)(F)F)N1CCC(COCC)C1. The summed E-state index contributed by atoms with van der Waals surface area (Å²) in [6.07, 6.45) is -2.87. The third kappa shape index (κ3) is 5.53. The van der Waals surface area contributed by atoms with Crippen LogP contribution in [0.5, 0.6) is 5.75 Å². The number of halogens is 3. The lowest BCUT2D eigenvalue weighted by Crippen LogP contribution is -2.42. The smallest absolute Gasteiger partial charge is 0.405 e. The van der Waals surface area contributed by atoms with E-state index in [1.807, 2.05) is 13.8 Å². The number of nitrogens with one attached hydrogen (secondary N) is 1. The van der Waals surface area contributed by atoms with Crippen LogP contribution in [0.1, 0.15) is 38.2 Å². The summed E-state index contributed by atoms with van der Waals surface area (Å²) in [6.45, 7) is 7.89. The van der Waals surface area contributed by atoms with Gasteiger partial charge in [-0.3, -0.25) is 4.99 Å². The normalized spacial score (nSPS) is 25.1. The van der Waals surface area contributed by atoms with Gasteiger partial charge in [-0.2, -0.15) is 0 Å². The number of likely N-dealkylation sites (tertiary alicyclic amines) is 1. The third-order valence-electron chi connectivity index (χ3n) is 5.10. The molecule has 156 valence electrons. The van der Waals surface area contributed by atoms with E-state index in [0.717, 1.165) is 38.5 Å². The van der Waals surface area contributed by atoms with Crippen molar-refractivity contribution in [3.63, 3.8) is 0 Å². The number of hydrogen-bond donors (Lipinski definition) is 1. The minimum atomic E-state index is -4.69. The number of alkyl halides is 3. The van der Waals surface area contributed by atoms with Gasteiger partial charge in [-0.1, -0.05) is 18.2 Å². The van der Waals surface area contributed by atoms with Crippen molar-refractivity contribution in [3.8, 4) is 5.75 Å². The van der Waals surface area contributed by atoms with Gasteiger partial charge in [0.15, 0.2) is 5.96 Å². The summed E-state index contributed by atoms with van der Waals surface area (Å²) in [5.41, 5.74) is 0.587. The van der Waals surface area contributed by atoms with Gasteiger partial charge >= 0.3 is 6.36 Å². The number of nitrogens with zero attached hydrogens (tertiary/aromatic N) is 2. The van der Waals surface area contributed by atoms with Crippen LogP contribution < -0.4 is 10.1 Å². The molecule has 8 heteroatoms. The van der Waals surface area contributed by atoms with E-state index in [4.69, 9.17) is 4.74 Å². The van der Waals surface area contributed by atoms with E-state index in [-0.39, 0.29) is 17.7 Å². The molecule has 1 aliphatic carbocycles. The second kappa shape index (κ2) is 9.03. The summed E-state index contributed by atoms with van der Waals surface area (Å²) < 4.78 is 47.7. The lowest BCUT2D eigenvalue weighted by Gasteiger charge is -2.22. The molecule has 1 aromatic rings. The average molecular weight is 399 g/mol. The first-order valence-electron chi connectivity index (χ1n) is 9.89. The third-order valence-corrected chi connectivity index (χ3v) is 5.10. The van der Waals surface area contributed by atoms with Crippen molar-refractivity contribution >= 4 is 5.96 Å². The molecule has 0 spiro atoms. The molecule has 0 aromatic heterocycles. The van der Waals surface area contributed by atoms with E-state index in [2.05, 4.69) is 19.9 Å². The standard InChI is InChI=1S/C20H28F3N3O2/c1-3-24-19(26-10-9-14(12-26)13-27-4-2)25-17-11-16(17)15-7-5-6-8-18(15)28-20(21,22)23/h5-8,14,16-17H,3-4,9-13H2,1-2H3,(H,24,25). The maximum Gasteiger partial charge on any atom is 0.573 e. The van der Waals surface area contributed by atoms with E-state index in [1.165, 1.54) is 6.07 Å². The van der Waals surface area contributed by atoms with Crippen LogP contribution in [0.25, 0.3) is 0 Å². The Balaban J connectivity index is 1.61. The zero-order valence-corrected chi connectivity index (χ0v) is 16.3. The molecule has 1 heterocycles. The summed E-state index contributed by atoms with van der Waals surface area (Å²) in [4.78, 5) is 6.81. The Morgan fingerprint density at radius 1 is 1.29 bits per heavy atom. The molecule has 0 bridgehead atoms. The van der Waals surface area contributed by atoms with E-state index in [0.29, 0.717) is 24.6 Å². The molecular weight excluding hydrogens is 371 g/mol. The number of ether oxygens (including phenoxy) is 2. The van der Waals surface area contributed by atoms with Crippen molar-refractivity contribution in [2.45, 2.75) is 45.0 Å². The molecule has 1 aliphatic heterocycles. The minimum absolute atomic E-state index is 0.0116. The largest absolute Gasteiger partial charge is 0.573 e. The number of guanidine groups is 1. The number of aliphatic imine (C=N–C) groups is 1. The summed E-state index contributed by atoms with van der Waals surface area (Å²) in [7, 11) is 0. The second-order valence-electron chi connectivity index (χ2n) is 7.24. The van der Waals surface area contributed by atoms with Gasteiger partial charge in [0, 0.05) is 44.1 Å². The molecule has 1 N–H and O–H groups in total. The molecule has 0 radical (unpaired) electrons. The fourth-order valence-corrected chi connectivity index (χ4v) is 3.70. The fourth-order valence-electron chi connectivity index (χ4n) is 3.70. The first-order valence-corrected chi connectivity index (χ1v) is 9.89. The highest BCUT2D eigenvalue weighted by Crippen LogP contribution is 2.45. The first kappa shape index (κ1) is 20.8. The summed E-state index contributed by atoms with van der Waals surface area (Å²) in [5, 5.41) is 3.45. The zero-order chi connectivity index (χ0) is 20.1. The Hall–Kier alpha value is -1.96. The summed E-state index contributed by atoms with van der Waals surface area (Å²) >= 11 is 0. The highest BCUT2D eigenvalue weighted by molar-refractivity contribution is 5.81. The van der Waals surface area contributed by atoms with Crippen molar-refractivity contribution in [2.24, 2.45) is 10.9 Å². The van der Waals surface area contributed by atoms with Gasteiger partial charge in [0.25, 0.3) is 0 Å². The Morgan fingerprint density at radius 3 is 2.79 bits per heavy atom. The topological polar surface area (TPSA) is 46.1 Å². The zero-order valence-electron chi connectivity index (χ0n) is 16.3. The summed E-state index contributed by atoms with van der Waals surface area (Å²) in [5.74, 6) is 1.20. The van der Waals surface area contributed by atoms with Crippen LogP contribution in [0.2, 0.25) is 0 Å². The highest BCUT2D eigenvalue weighted by Gasteiger charge is 2.43. The van der Waals surface area contributed by atoms with Crippen LogP contribution in [0.15, 0.2) is 29.3 Å². The predicted molar refractivity (Wildman–Crippen MR) is 102 cm³/mol. The molecule has 1 saturated heterocycles. The first-order chi connectivity index (χ1) is 13.4. The molecule has 0 amide bonds. The van der Waals surface area contributed by atoms with E-state index >= 15 is 0 Å². The molecule has 3 unspecified atom stereocenters. The Kier molecular flexibility index (Phi) is 6.69. The number of benzene rings is 1. The van der Waals surface area contributed by atoms with Crippen LogP contribution >= 0.6 is 0 Å². The van der Waals surface area contributed by atoms with Gasteiger partial charge in [-0.15, -0.1) is 13.2 Å². The van der Waals surface area contributed by atoms with Gasteiger partial charge < -0.3 is 19.7 Å². The van der Waals surface area contributed by atoms with Crippen molar-refractivity contribution in [2.75, 3.05) is 32.8 Å². The molecule has 2 fully saturated rings. The molecule has 2 aliphatic rings. The quantitative estimate of drug-likeness (QED) is 0.560. The van der Waals surface area contributed by atoms with Crippen molar-refractivity contribution in [1.29, 1.82) is 0 Å². The van der Waals surface area contributed by atoms with Crippen molar-refractivity contribution in [1.82, 2.24) is 10.2 Å². The molecule has 3 atom stereocenters. The lowest BCUT2D eigenvalue weighted by molar-refractivity contribution is -0.274. The Bertz CT molecular complexity index is 681. The molecular formula is C20H28F3N3O2. The molecule has 3 rings (SSSR count). The van der Waals surface area contributed by atoms with Gasteiger partial charge in [0.05, 0.1) is 6.61 Å². The lowest BCUT2D eigenvalue weighted by atomic mass is 10.1. The molecule has 1 aromatic carbocycles. The maximum atomic E-state index is 12.7.